The van der Waals surface area contributed by atoms with Crippen LogP contribution in [0.5, 0.6) is 0 Å². The first-order valence-electron chi connectivity index (χ1n) is 39.4. The highest BCUT2D eigenvalue weighted by molar-refractivity contribution is 7.46. The average Bonchev–Trinajstić information content (AvgIpc) is 1.01. The van der Waals surface area contributed by atoms with E-state index in [2.05, 4.69) is 125 Å². The van der Waals surface area contributed by atoms with Crippen molar-refractivity contribution in [1.29, 1.82) is 0 Å². The van der Waals surface area contributed by atoms with Crippen LogP contribution in [0.4, 0.5) is 0 Å². The standard InChI is InChI=1S/C81H142O17P2/c1-5-9-13-17-21-25-29-33-37-41-45-49-53-57-61-65-78(83)91-71-76(97-80(85)67-63-59-55-51-47-43-39-35-31-27-23-19-15-11-7-3)73-95-99(87,88)93-69-75(82)70-94-100(89,90)96-74-77(98-81(86)68-64-60-56-52-48-44-40-36-32-28-24-20-16-12-8-4)72-92-79(84)66-62-58-54-50-46-42-38-34-30-26-22-18-14-10-6-2/h25-32,37-44,75-77,82H,5-24,33-36,45-74H2,1-4H3,(H,87,88)(H,89,90)/p-2/b29-25-,30-26-,31-27-,32-28-,41-37-,42-38-,43-39-,44-40-. The van der Waals surface area contributed by atoms with E-state index in [1.54, 1.807) is 0 Å². The third-order valence-corrected chi connectivity index (χ3v) is 18.3. The van der Waals surface area contributed by atoms with Crippen molar-refractivity contribution in [1.82, 2.24) is 0 Å². The van der Waals surface area contributed by atoms with Gasteiger partial charge in [-0.15, -0.1) is 0 Å². The Bertz CT molecular complexity index is 2120. The lowest BCUT2D eigenvalue weighted by atomic mass is 10.1. The fourth-order valence-electron chi connectivity index (χ4n) is 10.4. The summed E-state index contributed by atoms with van der Waals surface area (Å²) in [6.07, 6.45) is 76.0. The number of carbonyl (C=O) groups is 4. The van der Waals surface area contributed by atoms with Crippen LogP contribution in [0.25, 0.3) is 0 Å². The average molecular weight is 1450 g/mol. The number of ether oxygens (including phenoxy) is 4. The summed E-state index contributed by atoms with van der Waals surface area (Å²) >= 11 is 0. The molecule has 0 saturated heterocycles. The predicted octanol–water partition coefficient (Wildman–Crippen LogP) is 21.5. The van der Waals surface area contributed by atoms with Gasteiger partial charge in [-0.05, 0) is 154 Å². The summed E-state index contributed by atoms with van der Waals surface area (Å²) in [6, 6.07) is 0. The zero-order valence-corrected chi connectivity index (χ0v) is 64.8. The number of hydrogen-bond donors (Lipinski definition) is 1. The first-order chi connectivity index (χ1) is 48.7. The van der Waals surface area contributed by atoms with E-state index in [1.165, 1.54) is 103 Å². The van der Waals surface area contributed by atoms with Crippen LogP contribution in [0.1, 0.15) is 336 Å². The lowest BCUT2D eigenvalue weighted by Gasteiger charge is -2.28. The number of aliphatic hydroxyl groups is 1. The Labute approximate surface area is 607 Å². The van der Waals surface area contributed by atoms with Crippen molar-refractivity contribution in [2.24, 2.45) is 0 Å². The van der Waals surface area contributed by atoms with Crippen LogP contribution in [-0.2, 0) is 65.4 Å². The Morgan fingerprint density at radius 1 is 0.290 bits per heavy atom. The molecule has 100 heavy (non-hydrogen) atoms. The van der Waals surface area contributed by atoms with E-state index >= 15 is 0 Å². The largest absolute Gasteiger partial charge is 0.756 e. The molecule has 1 N–H and O–H groups in total. The molecule has 19 heteroatoms. The highest BCUT2D eigenvalue weighted by Crippen LogP contribution is 2.41. The molecule has 0 aliphatic heterocycles. The lowest BCUT2D eigenvalue weighted by molar-refractivity contribution is -0.233. The second kappa shape index (κ2) is 73.3. The highest BCUT2D eigenvalue weighted by Gasteiger charge is 2.25. The molecule has 0 saturated carbocycles. The number of unbranched alkanes of at least 4 members (excludes halogenated alkanes) is 32. The van der Waals surface area contributed by atoms with Crippen LogP contribution in [0.2, 0.25) is 0 Å². The summed E-state index contributed by atoms with van der Waals surface area (Å²) in [4.78, 5) is 77.6. The second-order valence-electron chi connectivity index (χ2n) is 26.2. The topological polar surface area (TPSA) is 243 Å². The molecule has 4 unspecified atom stereocenters. The van der Waals surface area contributed by atoms with Gasteiger partial charge >= 0.3 is 23.9 Å². The maximum Gasteiger partial charge on any atom is 0.306 e. The summed E-state index contributed by atoms with van der Waals surface area (Å²) in [6.45, 7) is 4.34. The van der Waals surface area contributed by atoms with Gasteiger partial charge < -0.3 is 51.9 Å². The number of allylic oxidation sites excluding steroid dienone is 16. The Balaban J connectivity index is 5.41. The summed E-state index contributed by atoms with van der Waals surface area (Å²) in [7, 11) is -10.5. The summed E-state index contributed by atoms with van der Waals surface area (Å²) in [5, 5.41) is 10.6. The molecule has 0 bridgehead atoms. The molecule has 4 atom stereocenters. The molecule has 0 amide bonds. The number of phosphoric ester groups is 2. The van der Waals surface area contributed by atoms with Crippen LogP contribution >= 0.6 is 15.6 Å². The van der Waals surface area contributed by atoms with Gasteiger partial charge in [-0.25, -0.2) is 0 Å². The molecule has 0 radical (unpaired) electrons. The van der Waals surface area contributed by atoms with Gasteiger partial charge in [0, 0.05) is 25.7 Å². The first-order valence-corrected chi connectivity index (χ1v) is 42.4. The Hall–Kier alpha value is -4.02. The first kappa shape index (κ1) is 96.0. The molecule has 0 heterocycles. The lowest BCUT2D eigenvalue weighted by Crippen LogP contribution is -2.31. The molecular formula is C81H140O17P2-2. The number of aliphatic hydroxyl groups excluding tert-OH is 1. The van der Waals surface area contributed by atoms with Crippen LogP contribution in [-0.4, -0.2) is 86.9 Å². The second-order valence-corrected chi connectivity index (χ2v) is 29.1. The van der Waals surface area contributed by atoms with Crippen molar-refractivity contribution in [3.8, 4) is 0 Å². The summed E-state index contributed by atoms with van der Waals surface area (Å²) in [5.74, 6) is -2.34. The zero-order valence-electron chi connectivity index (χ0n) is 63.0. The Morgan fingerprint density at radius 2 is 0.500 bits per heavy atom. The molecule has 578 valence electrons. The fraction of sp³-hybridized carbons (Fsp3) is 0.753. The van der Waals surface area contributed by atoms with E-state index in [1.807, 2.05) is 0 Å². The smallest absolute Gasteiger partial charge is 0.306 e. The van der Waals surface area contributed by atoms with Crippen molar-refractivity contribution in [2.75, 3.05) is 39.6 Å². The highest BCUT2D eigenvalue weighted by atomic mass is 31.2. The molecule has 0 aliphatic rings. The molecule has 0 spiro atoms. The molecule has 0 rings (SSSR count). The van der Waals surface area contributed by atoms with Crippen molar-refractivity contribution < 1.29 is 80.2 Å². The molecule has 0 aromatic heterocycles. The number of carbonyl (C=O) groups excluding carboxylic acids is 4. The number of hydrogen-bond acceptors (Lipinski definition) is 17. The number of esters is 4. The van der Waals surface area contributed by atoms with E-state index < -0.39 is 97.5 Å². The molecule has 0 fully saturated rings. The minimum atomic E-state index is -5.25. The van der Waals surface area contributed by atoms with Crippen LogP contribution < -0.4 is 9.79 Å². The minimum absolute atomic E-state index is 0.0480. The van der Waals surface area contributed by atoms with E-state index in [-0.39, 0.29) is 25.7 Å². The van der Waals surface area contributed by atoms with Gasteiger partial charge in [0.25, 0.3) is 15.6 Å². The Kier molecular flexibility index (Phi) is 70.4. The van der Waals surface area contributed by atoms with Gasteiger partial charge in [-0.3, -0.25) is 28.3 Å². The van der Waals surface area contributed by atoms with E-state index in [4.69, 9.17) is 37.0 Å². The SMILES string of the molecule is CCCCCC/C=C\C/C=C\CCCCCCC(=O)OCC(COP(=O)([O-])OCC(O)COP(=O)([O-])OCC(COC(=O)CCCCCC/C=C\C/C=C\CCCCCC)OC(=O)CCCCCC/C=C\C/C=C\CCCCCC)OC(=O)CCCCCC/C=C\C/C=C\CCCCCC. The van der Waals surface area contributed by atoms with Gasteiger partial charge in [0.05, 0.1) is 26.4 Å². The molecule has 0 aromatic rings. The van der Waals surface area contributed by atoms with Crippen LogP contribution in [0.15, 0.2) is 97.2 Å². The van der Waals surface area contributed by atoms with E-state index in [0.717, 1.165) is 154 Å². The molecule has 0 aliphatic carbocycles. The van der Waals surface area contributed by atoms with Crippen LogP contribution in [0.3, 0.4) is 0 Å². The quantitative estimate of drug-likeness (QED) is 0.0196. The van der Waals surface area contributed by atoms with Gasteiger partial charge in [0.15, 0.2) is 12.2 Å². The predicted molar refractivity (Wildman–Crippen MR) is 404 cm³/mol. The van der Waals surface area contributed by atoms with Gasteiger partial charge in [0.2, 0.25) is 0 Å². The summed E-state index contributed by atoms with van der Waals surface area (Å²) < 4.78 is 67.6. The summed E-state index contributed by atoms with van der Waals surface area (Å²) in [5.41, 5.74) is 0. The third-order valence-electron chi connectivity index (χ3n) is 16.5. The van der Waals surface area contributed by atoms with E-state index in [9.17, 15) is 43.2 Å². The molecule has 17 nitrogen and oxygen atoms in total. The van der Waals surface area contributed by atoms with Crippen molar-refractivity contribution in [3.05, 3.63) is 97.2 Å². The molecule has 0 aromatic carbocycles. The maximum atomic E-state index is 13.0. The number of phosphoric acid groups is 2. The van der Waals surface area contributed by atoms with Crippen molar-refractivity contribution in [3.63, 3.8) is 0 Å². The van der Waals surface area contributed by atoms with Gasteiger partial charge in [-0.2, -0.15) is 0 Å². The normalized spacial score (nSPS) is 14.4. The maximum absolute atomic E-state index is 13.0. The number of rotatable bonds is 74. The van der Waals surface area contributed by atoms with E-state index in [0.29, 0.717) is 25.7 Å². The third kappa shape index (κ3) is 72.3. The molecular weight excluding hydrogens is 1310 g/mol. The Morgan fingerprint density at radius 3 is 0.740 bits per heavy atom. The van der Waals surface area contributed by atoms with Gasteiger partial charge in [-0.1, -0.05) is 253 Å². The minimum Gasteiger partial charge on any atom is -0.756 e. The van der Waals surface area contributed by atoms with Crippen molar-refractivity contribution >= 4 is 39.5 Å². The fourth-order valence-corrected chi connectivity index (χ4v) is 11.9. The monoisotopic (exact) mass is 1450 g/mol. The van der Waals surface area contributed by atoms with Crippen molar-refractivity contribution in [2.45, 2.75) is 354 Å². The van der Waals surface area contributed by atoms with Gasteiger partial charge in [0.1, 0.15) is 19.3 Å². The van der Waals surface area contributed by atoms with Crippen LogP contribution in [0, 0.1) is 0 Å². The zero-order chi connectivity index (χ0) is 73.2.